The number of carbonyl (C=O) groups is 1. The minimum absolute atomic E-state index is 0.104. The summed E-state index contributed by atoms with van der Waals surface area (Å²) < 4.78 is 13.6. The first kappa shape index (κ1) is 26.2. The van der Waals surface area contributed by atoms with E-state index in [1.165, 1.54) is 24.7 Å². The highest BCUT2D eigenvalue weighted by molar-refractivity contribution is 9.10. The van der Waals surface area contributed by atoms with Crippen molar-refractivity contribution in [3.05, 3.63) is 78.5 Å². The molecule has 0 aliphatic carbocycles. The summed E-state index contributed by atoms with van der Waals surface area (Å²) in [5.41, 5.74) is 4.45. The number of hydrogen-bond acceptors (Lipinski definition) is 7. The second-order valence-corrected chi connectivity index (χ2v) is 8.70. The number of nitrogens with zero attached hydrogens (tertiary/aromatic N) is 4. The molecular weight excluding hydrogens is 542 g/mol. The summed E-state index contributed by atoms with van der Waals surface area (Å²) in [5.74, 6) is 0.571. The molecule has 0 fully saturated rings. The van der Waals surface area contributed by atoms with Gasteiger partial charge in [0.05, 0.1) is 22.2 Å². The second-order valence-electron chi connectivity index (χ2n) is 7.41. The van der Waals surface area contributed by atoms with E-state index in [0.29, 0.717) is 45.5 Å². The average Bonchev–Trinajstić information content (AvgIpc) is 3.07. The number of nitrogens with one attached hydrogen (secondary N) is 1. The van der Waals surface area contributed by atoms with E-state index in [1.807, 2.05) is 19.1 Å². The molecule has 3 rings (SSSR count). The van der Waals surface area contributed by atoms with Gasteiger partial charge >= 0.3 is 5.69 Å². The van der Waals surface area contributed by atoms with Crippen molar-refractivity contribution in [2.45, 2.75) is 33.9 Å². The fraction of sp³-hybridized carbons (Fsp3) is 0.261. The van der Waals surface area contributed by atoms with Gasteiger partial charge in [-0.25, -0.2) is 5.43 Å². The fourth-order valence-electron chi connectivity index (χ4n) is 3.26. The number of amides is 1. The van der Waals surface area contributed by atoms with Crippen molar-refractivity contribution in [1.82, 2.24) is 15.2 Å². The lowest BCUT2D eigenvalue weighted by molar-refractivity contribution is -0.386. The minimum atomic E-state index is -0.513. The predicted octanol–water partition coefficient (Wildman–Crippen LogP) is 4.95. The molecule has 1 aromatic heterocycles. The first-order valence-corrected chi connectivity index (χ1v) is 11.7. The Labute approximate surface area is 215 Å². The Kier molecular flexibility index (Phi) is 8.83. The molecule has 2 aromatic carbocycles. The van der Waals surface area contributed by atoms with Crippen molar-refractivity contribution in [3.63, 3.8) is 0 Å². The molecule has 0 radical (unpaired) electrons. The van der Waals surface area contributed by atoms with Crippen LogP contribution in [0.2, 0.25) is 5.02 Å². The third kappa shape index (κ3) is 6.80. The summed E-state index contributed by atoms with van der Waals surface area (Å²) >= 11 is 9.43. The first-order valence-electron chi connectivity index (χ1n) is 10.5. The van der Waals surface area contributed by atoms with Gasteiger partial charge in [-0.3, -0.25) is 19.6 Å². The predicted molar refractivity (Wildman–Crippen MR) is 135 cm³/mol. The van der Waals surface area contributed by atoms with E-state index >= 15 is 0 Å². The number of aryl methyl sites for hydroxylation is 1. The molecule has 35 heavy (non-hydrogen) atoms. The van der Waals surface area contributed by atoms with Crippen molar-refractivity contribution in [3.8, 4) is 11.5 Å². The zero-order chi connectivity index (χ0) is 25.5. The molecule has 12 heteroatoms. The van der Waals surface area contributed by atoms with Crippen LogP contribution in [0.3, 0.4) is 0 Å². The zero-order valence-electron chi connectivity index (χ0n) is 19.2. The van der Waals surface area contributed by atoms with Crippen LogP contribution in [0, 0.1) is 24.0 Å². The molecule has 10 nitrogen and oxygen atoms in total. The molecule has 0 aliphatic rings. The summed E-state index contributed by atoms with van der Waals surface area (Å²) in [5, 5.41) is 19.8. The van der Waals surface area contributed by atoms with Gasteiger partial charge in [-0.15, -0.1) is 0 Å². The molecule has 0 aliphatic heterocycles. The molecule has 1 amide bonds. The number of halogens is 2. The van der Waals surface area contributed by atoms with Gasteiger partial charge in [0.15, 0.2) is 11.5 Å². The summed E-state index contributed by atoms with van der Waals surface area (Å²) in [6.07, 6.45) is 1.46. The highest BCUT2D eigenvalue weighted by Crippen LogP contribution is 2.37. The number of hydrazone groups is 1. The molecule has 0 spiro atoms. The Bertz CT molecular complexity index is 1260. The van der Waals surface area contributed by atoms with Gasteiger partial charge in [-0.05, 0) is 72.1 Å². The number of hydrogen-bond donors (Lipinski definition) is 1. The van der Waals surface area contributed by atoms with E-state index in [9.17, 15) is 14.9 Å². The first-order chi connectivity index (χ1) is 16.7. The molecule has 1 N–H and O–H groups in total. The van der Waals surface area contributed by atoms with Crippen LogP contribution in [0.4, 0.5) is 5.69 Å². The molecule has 1 heterocycles. The van der Waals surface area contributed by atoms with Crippen LogP contribution in [0.1, 0.15) is 29.4 Å². The van der Waals surface area contributed by atoms with Crippen LogP contribution in [0.25, 0.3) is 0 Å². The molecular formula is C23H23BrClN5O5. The Morgan fingerprint density at radius 3 is 2.63 bits per heavy atom. The highest BCUT2D eigenvalue weighted by atomic mass is 79.9. The van der Waals surface area contributed by atoms with Gasteiger partial charge in [-0.1, -0.05) is 23.7 Å². The van der Waals surface area contributed by atoms with Gasteiger partial charge in [0, 0.05) is 5.02 Å². The molecule has 0 bridgehead atoms. The SMILES string of the molecule is CCOc1cc(/C=N/NC(=O)Cn2nc(C)c([N+](=O)[O-])c2C)cc(Br)c1OCc1ccc(Cl)cc1. The number of nitro groups is 1. The van der Waals surface area contributed by atoms with Gasteiger partial charge < -0.3 is 9.47 Å². The third-order valence-electron chi connectivity index (χ3n) is 4.85. The van der Waals surface area contributed by atoms with Crippen LogP contribution < -0.4 is 14.9 Å². The molecule has 3 aromatic rings. The number of carbonyl (C=O) groups excluding carboxylic acids is 1. The van der Waals surface area contributed by atoms with E-state index in [0.717, 1.165) is 5.56 Å². The van der Waals surface area contributed by atoms with Crippen LogP contribution in [0.5, 0.6) is 11.5 Å². The summed E-state index contributed by atoms with van der Waals surface area (Å²) in [6.45, 7) is 5.47. The Hall–Kier alpha value is -3.44. The molecule has 0 saturated heterocycles. The number of aromatic nitrogens is 2. The minimum Gasteiger partial charge on any atom is -0.490 e. The van der Waals surface area contributed by atoms with Crippen molar-refractivity contribution in [1.29, 1.82) is 0 Å². The van der Waals surface area contributed by atoms with Crippen LogP contribution >= 0.6 is 27.5 Å². The Balaban J connectivity index is 1.67. The standard InChI is InChI=1S/C23H23BrClN5O5/c1-4-34-20-10-17(9-19(24)23(20)35-13-16-5-7-18(25)8-6-16)11-26-27-21(31)12-29-15(3)22(30(32)33)14(2)28-29/h5-11H,4,12-13H2,1-3H3,(H,27,31)/b26-11+. The summed E-state index contributed by atoms with van der Waals surface area (Å²) in [6, 6.07) is 10.9. The van der Waals surface area contributed by atoms with Gasteiger partial charge in [0.2, 0.25) is 0 Å². The Morgan fingerprint density at radius 2 is 2.00 bits per heavy atom. The molecule has 184 valence electrons. The maximum Gasteiger partial charge on any atom is 0.312 e. The van der Waals surface area contributed by atoms with E-state index < -0.39 is 10.8 Å². The van der Waals surface area contributed by atoms with E-state index in [4.69, 9.17) is 21.1 Å². The maximum atomic E-state index is 12.3. The second kappa shape index (κ2) is 11.8. The van der Waals surface area contributed by atoms with Crippen molar-refractivity contribution in [2.24, 2.45) is 5.10 Å². The van der Waals surface area contributed by atoms with Gasteiger partial charge in [0.1, 0.15) is 24.5 Å². The van der Waals surface area contributed by atoms with Crippen LogP contribution in [-0.4, -0.2) is 33.4 Å². The zero-order valence-corrected chi connectivity index (χ0v) is 21.6. The van der Waals surface area contributed by atoms with Crippen LogP contribution in [-0.2, 0) is 17.9 Å². The summed E-state index contributed by atoms with van der Waals surface area (Å²) in [7, 11) is 0. The average molecular weight is 565 g/mol. The number of rotatable bonds is 10. The van der Waals surface area contributed by atoms with Gasteiger partial charge in [-0.2, -0.15) is 10.2 Å². The monoisotopic (exact) mass is 563 g/mol. The summed E-state index contributed by atoms with van der Waals surface area (Å²) in [4.78, 5) is 22.9. The van der Waals surface area contributed by atoms with E-state index in [1.54, 1.807) is 24.3 Å². The molecule has 0 atom stereocenters. The van der Waals surface area contributed by atoms with E-state index in [-0.39, 0.29) is 17.9 Å². The van der Waals surface area contributed by atoms with Crippen molar-refractivity contribution in [2.75, 3.05) is 6.61 Å². The normalized spacial score (nSPS) is 11.0. The van der Waals surface area contributed by atoms with Gasteiger partial charge in [0.25, 0.3) is 5.91 Å². The number of ether oxygens (including phenoxy) is 2. The highest BCUT2D eigenvalue weighted by Gasteiger charge is 2.22. The lowest BCUT2D eigenvalue weighted by Crippen LogP contribution is -2.24. The topological polar surface area (TPSA) is 121 Å². The Morgan fingerprint density at radius 1 is 1.29 bits per heavy atom. The fourth-order valence-corrected chi connectivity index (χ4v) is 3.96. The van der Waals surface area contributed by atoms with E-state index in [2.05, 4.69) is 31.6 Å². The largest absolute Gasteiger partial charge is 0.490 e. The smallest absolute Gasteiger partial charge is 0.312 e. The molecule has 0 saturated carbocycles. The maximum absolute atomic E-state index is 12.3. The quantitative estimate of drug-likeness (QED) is 0.211. The lowest BCUT2D eigenvalue weighted by Gasteiger charge is -2.14. The lowest BCUT2D eigenvalue weighted by atomic mass is 10.2. The molecule has 0 unspecified atom stereocenters. The number of benzene rings is 2. The van der Waals surface area contributed by atoms with Crippen molar-refractivity contribution >= 4 is 45.3 Å². The van der Waals surface area contributed by atoms with Crippen LogP contribution in [0.15, 0.2) is 46.0 Å². The third-order valence-corrected chi connectivity index (χ3v) is 5.69. The van der Waals surface area contributed by atoms with Crippen molar-refractivity contribution < 1.29 is 19.2 Å².